The molecule has 0 bridgehead atoms. The van der Waals surface area contributed by atoms with E-state index >= 15 is 0 Å². The monoisotopic (exact) mass is 226 g/mol. The summed E-state index contributed by atoms with van der Waals surface area (Å²) in [6, 6.07) is -0.644. The Morgan fingerprint density at radius 2 is 2.25 bits per heavy atom. The summed E-state index contributed by atoms with van der Waals surface area (Å²) < 4.78 is 0.539. The lowest BCUT2D eigenvalue weighted by atomic mass is 10.2. The van der Waals surface area contributed by atoms with Gasteiger partial charge in [-0.3, -0.25) is 9.79 Å². The van der Waals surface area contributed by atoms with Crippen LogP contribution in [0.3, 0.4) is 0 Å². The smallest absolute Gasteiger partial charge is 0.269 e. The Labute approximate surface area is 76.2 Å². The van der Waals surface area contributed by atoms with Crippen molar-refractivity contribution in [2.75, 3.05) is 0 Å². The first-order valence-corrected chi connectivity index (χ1v) is 3.98. The van der Waals surface area contributed by atoms with Crippen molar-refractivity contribution in [3.05, 3.63) is 0 Å². The van der Waals surface area contributed by atoms with Gasteiger partial charge in [-0.25, -0.2) is 9.98 Å². The molecule has 0 spiro atoms. The van der Waals surface area contributed by atoms with E-state index in [4.69, 9.17) is 0 Å². The Morgan fingerprint density at radius 3 is 3.08 bits per heavy atom. The van der Waals surface area contributed by atoms with E-state index < -0.39 is 6.04 Å². The topological polar surface area (TPSA) is 66.5 Å². The third-order valence-electron chi connectivity index (χ3n) is 1.41. The number of fused-ring (bicyclic) bond motifs is 1. The maximum atomic E-state index is 11.1. The minimum atomic E-state index is -0.644. The van der Waals surface area contributed by atoms with Gasteiger partial charge in [0.25, 0.3) is 5.91 Å². The summed E-state index contributed by atoms with van der Waals surface area (Å²) in [5.41, 5.74) is 0. The van der Waals surface area contributed by atoms with E-state index in [2.05, 4.69) is 35.9 Å². The van der Waals surface area contributed by atoms with Gasteiger partial charge >= 0.3 is 0 Å². The first-order chi connectivity index (χ1) is 5.77. The number of nitrogens with zero attached hydrogens (tertiary/aromatic N) is 4. The largest absolute Gasteiger partial charge is 0.279 e. The van der Waals surface area contributed by atoms with Crippen LogP contribution in [0.25, 0.3) is 0 Å². The number of hydrogen-bond acceptors (Lipinski definition) is 4. The normalized spacial score (nSPS) is 26.4. The number of carbonyl (C=O) groups is 1. The predicted octanol–water partition coefficient (Wildman–Crippen LogP) is 0.200. The molecule has 0 saturated carbocycles. The molecule has 0 N–H and O–H groups in total. The molecular formula is C6H3BrN4O. The molecule has 12 heavy (non-hydrogen) atoms. The van der Waals surface area contributed by atoms with Crippen molar-refractivity contribution < 1.29 is 4.79 Å². The summed E-state index contributed by atoms with van der Waals surface area (Å²) in [6.45, 7) is 0. The number of carbonyl (C=O) groups excluding carboxylic acids is 1. The standard InChI is InChI=1S/C6H3BrN4O/c7-3-1-8-5-4(11-3)6(12)10-2-9-5/h1-2,4H. The average Bonchev–Trinajstić information content (AvgIpc) is 2.07. The highest BCUT2D eigenvalue weighted by Crippen LogP contribution is 2.09. The Hall–Kier alpha value is -1.17. The van der Waals surface area contributed by atoms with Crippen molar-refractivity contribution >= 4 is 44.8 Å². The zero-order valence-electron chi connectivity index (χ0n) is 5.81. The van der Waals surface area contributed by atoms with Crippen molar-refractivity contribution in [2.24, 2.45) is 20.0 Å². The van der Waals surface area contributed by atoms with E-state index in [9.17, 15) is 4.79 Å². The number of halogens is 1. The molecular weight excluding hydrogens is 224 g/mol. The lowest BCUT2D eigenvalue weighted by molar-refractivity contribution is -0.117. The minimum Gasteiger partial charge on any atom is -0.269 e. The first-order valence-electron chi connectivity index (χ1n) is 3.19. The summed E-state index contributed by atoms with van der Waals surface area (Å²) in [5, 5.41) is 0. The van der Waals surface area contributed by atoms with Crippen LogP contribution in [0.2, 0.25) is 0 Å². The Balaban J connectivity index is 2.43. The number of hydrogen-bond donors (Lipinski definition) is 0. The van der Waals surface area contributed by atoms with E-state index in [1.807, 2.05) is 0 Å². The minimum absolute atomic E-state index is 0.325. The van der Waals surface area contributed by atoms with Crippen LogP contribution >= 0.6 is 15.9 Å². The summed E-state index contributed by atoms with van der Waals surface area (Å²) in [4.78, 5) is 26.3. The van der Waals surface area contributed by atoms with E-state index in [0.717, 1.165) is 0 Å². The molecule has 1 amide bonds. The van der Waals surface area contributed by atoms with Crippen molar-refractivity contribution in [1.82, 2.24) is 0 Å². The average molecular weight is 227 g/mol. The van der Waals surface area contributed by atoms with Crippen LogP contribution in [0.1, 0.15) is 0 Å². The molecule has 0 aromatic heterocycles. The molecule has 60 valence electrons. The third-order valence-corrected chi connectivity index (χ3v) is 1.82. The number of amides is 1. The van der Waals surface area contributed by atoms with Crippen LogP contribution in [0.5, 0.6) is 0 Å². The van der Waals surface area contributed by atoms with E-state index in [0.29, 0.717) is 10.5 Å². The van der Waals surface area contributed by atoms with E-state index in [1.54, 1.807) is 0 Å². The van der Waals surface area contributed by atoms with Crippen LogP contribution in [0.15, 0.2) is 20.0 Å². The molecule has 6 heteroatoms. The highest BCUT2D eigenvalue weighted by atomic mass is 79.9. The van der Waals surface area contributed by atoms with Gasteiger partial charge in [0.15, 0.2) is 11.9 Å². The fraction of sp³-hybridized carbons (Fsp3) is 0.167. The fourth-order valence-corrected chi connectivity index (χ4v) is 1.20. The summed E-state index contributed by atoms with van der Waals surface area (Å²) in [6.07, 6.45) is 2.70. The van der Waals surface area contributed by atoms with Crippen molar-refractivity contribution in [2.45, 2.75) is 6.04 Å². The zero-order chi connectivity index (χ0) is 8.55. The SMILES string of the molecule is O=C1N=CN=C2N=CC(Br)=NC12. The number of rotatable bonds is 0. The molecule has 0 fully saturated rings. The van der Waals surface area contributed by atoms with Crippen LogP contribution < -0.4 is 0 Å². The molecule has 2 aliphatic rings. The Morgan fingerprint density at radius 1 is 1.42 bits per heavy atom. The van der Waals surface area contributed by atoms with Gasteiger partial charge in [0, 0.05) is 0 Å². The van der Waals surface area contributed by atoms with Gasteiger partial charge in [-0.1, -0.05) is 0 Å². The van der Waals surface area contributed by atoms with Gasteiger partial charge in [0.1, 0.15) is 11.0 Å². The number of aliphatic imine (C=N–C) groups is 4. The molecule has 0 aromatic carbocycles. The fourth-order valence-electron chi connectivity index (χ4n) is 0.890. The van der Waals surface area contributed by atoms with Crippen molar-refractivity contribution in [1.29, 1.82) is 0 Å². The number of amidine groups is 1. The summed E-state index contributed by atoms with van der Waals surface area (Å²) in [7, 11) is 0. The molecule has 0 aliphatic carbocycles. The van der Waals surface area contributed by atoms with Crippen LogP contribution in [-0.2, 0) is 4.79 Å². The molecule has 1 atom stereocenters. The molecule has 2 rings (SSSR count). The van der Waals surface area contributed by atoms with Gasteiger partial charge in [0.05, 0.1) is 6.21 Å². The predicted molar refractivity (Wildman–Crippen MR) is 49.6 cm³/mol. The van der Waals surface area contributed by atoms with Gasteiger partial charge in [-0.15, -0.1) is 0 Å². The lowest BCUT2D eigenvalue weighted by Crippen LogP contribution is -2.32. The summed E-state index contributed by atoms with van der Waals surface area (Å²) >= 11 is 3.12. The molecule has 1 unspecified atom stereocenters. The first kappa shape index (κ1) is 7.48. The van der Waals surface area contributed by atoms with Gasteiger partial charge < -0.3 is 0 Å². The zero-order valence-corrected chi connectivity index (χ0v) is 7.39. The summed E-state index contributed by atoms with van der Waals surface area (Å²) in [5.74, 6) is 0.0759. The van der Waals surface area contributed by atoms with E-state index in [1.165, 1.54) is 12.6 Å². The van der Waals surface area contributed by atoms with Crippen LogP contribution in [0, 0.1) is 0 Å². The lowest BCUT2D eigenvalue weighted by Gasteiger charge is -2.13. The Kier molecular flexibility index (Phi) is 1.69. The van der Waals surface area contributed by atoms with Crippen LogP contribution in [-0.4, -0.2) is 35.0 Å². The van der Waals surface area contributed by atoms with Gasteiger partial charge in [0.2, 0.25) is 0 Å². The van der Waals surface area contributed by atoms with Gasteiger partial charge in [-0.2, -0.15) is 4.99 Å². The second kappa shape index (κ2) is 2.71. The molecule has 0 aromatic rings. The molecule has 0 radical (unpaired) electrons. The third kappa shape index (κ3) is 1.14. The van der Waals surface area contributed by atoms with Crippen molar-refractivity contribution in [3.63, 3.8) is 0 Å². The highest BCUT2D eigenvalue weighted by molar-refractivity contribution is 9.19. The molecule has 2 heterocycles. The quantitative estimate of drug-likeness (QED) is 0.582. The maximum Gasteiger partial charge on any atom is 0.279 e. The van der Waals surface area contributed by atoms with Gasteiger partial charge in [-0.05, 0) is 15.9 Å². The highest BCUT2D eigenvalue weighted by Gasteiger charge is 2.27. The van der Waals surface area contributed by atoms with Crippen LogP contribution in [0.4, 0.5) is 0 Å². The second-order valence-electron chi connectivity index (χ2n) is 2.18. The Bertz CT molecular complexity index is 355. The second-order valence-corrected chi connectivity index (χ2v) is 3.00. The maximum absolute atomic E-state index is 11.1. The molecule has 0 saturated heterocycles. The molecule has 2 aliphatic heterocycles. The van der Waals surface area contributed by atoms with E-state index in [-0.39, 0.29) is 5.91 Å². The molecule has 5 nitrogen and oxygen atoms in total. The van der Waals surface area contributed by atoms with Crippen molar-refractivity contribution in [3.8, 4) is 0 Å².